The number of nitrogens with one attached hydrogen (secondary N) is 1. The van der Waals surface area contributed by atoms with Crippen LogP contribution in [0.5, 0.6) is 5.75 Å². The number of pyridine rings is 2. The second-order valence-electron chi connectivity index (χ2n) is 9.95. The molecule has 0 bridgehead atoms. The first-order valence-electron chi connectivity index (χ1n) is 12.9. The standard InChI is InChI=1S/C27H29F3N6O3/c1-2-38-24(37)18-5-3-8-26(15-18)9-12-36(17-26)25-33-21(19-6-4-10-31-16-19)14-23(35-25)34-22-13-20(7-11-32-22)39-27(28,29)30/h4,6-7,10-11,13-14,16,18H,2-3,5,8-9,12,15,17H2,1H3,(H,32,33,34,35). The number of aromatic nitrogens is 4. The Kier molecular flexibility index (Phi) is 7.53. The smallest absolute Gasteiger partial charge is 0.466 e. The lowest BCUT2D eigenvalue weighted by atomic mass is 9.69. The molecule has 3 aromatic rings. The van der Waals surface area contributed by atoms with Crippen LogP contribution in [0.3, 0.4) is 0 Å². The molecule has 0 aromatic carbocycles. The van der Waals surface area contributed by atoms with Crippen molar-refractivity contribution in [1.82, 2.24) is 19.9 Å². The van der Waals surface area contributed by atoms with Crippen molar-refractivity contribution in [3.63, 3.8) is 0 Å². The fraction of sp³-hybridized carbons (Fsp3) is 0.444. The minimum Gasteiger partial charge on any atom is -0.466 e. The molecule has 1 saturated carbocycles. The normalized spacial score (nSPS) is 21.1. The zero-order valence-corrected chi connectivity index (χ0v) is 21.4. The summed E-state index contributed by atoms with van der Waals surface area (Å²) < 4.78 is 47.4. The molecule has 1 aliphatic heterocycles. The number of carbonyl (C=O) groups is 1. The maximum Gasteiger partial charge on any atom is 0.573 e. The summed E-state index contributed by atoms with van der Waals surface area (Å²) in [6.07, 6.45) is 4.25. The summed E-state index contributed by atoms with van der Waals surface area (Å²) in [5, 5.41) is 2.99. The summed E-state index contributed by atoms with van der Waals surface area (Å²) >= 11 is 0. The molecule has 0 radical (unpaired) electrons. The number of hydrogen-bond donors (Lipinski definition) is 1. The van der Waals surface area contributed by atoms with Crippen LogP contribution in [0.1, 0.15) is 39.0 Å². The molecule has 206 valence electrons. The van der Waals surface area contributed by atoms with Gasteiger partial charge in [-0.3, -0.25) is 9.78 Å². The lowest BCUT2D eigenvalue weighted by Crippen LogP contribution is -2.36. The Morgan fingerprint density at radius 1 is 1.18 bits per heavy atom. The van der Waals surface area contributed by atoms with Crippen molar-refractivity contribution in [3.8, 4) is 17.0 Å². The molecule has 5 rings (SSSR count). The quantitative estimate of drug-likeness (QED) is 0.386. The van der Waals surface area contributed by atoms with E-state index in [9.17, 15) is 18.0 Å². The van der Waals surface area contributed by atoms with Crippen LogP contribution in [-0.4, -0.2) is 52.0 Å². The minimum atomic E-state index is -4.81. The lowest BCUT2D eigenvalue weighted by Gasteiger charge is -2.37. The van der Waals surface area contributed by atoms with E-state index in [0.717, 1.165) is 56.3 Å². The van der Waals surface area contributed by atoms with Gasteiger partial charge in [0.25, 0.3) is 0 Å². The average molecular weight is 543 g/mol. The molecular formula is C27H29F3N6O3. The van der Waals surface area contributed by atoms with Crippen LogP contribution in [0.2, 0.25) is 0 Å². The van der Waals surface area contributed by atoms with Gasteiger partial charge in [0.2, 0.25) is 5.95 Å². The first kappa shape index (κ1) is 26.6. The van der Waals surface area contributed by atoms with E-state index < -0.39 is 12.1 Å². The average Bonchev–Trinajstić information content (AvgIpc) is 3.31. The van der Waals surface area contributed by atoms with E-state index in [-0.39, 0.29) is 23.1 Å². The van der Waals surface area contributed by atoms with E-state index in [4.69, 9.17) is 14.7 Å². The molecule has 2 fully saturated rings. The largest absolute Gasteiger partial charge is 0.573 e. The van der Waals surface area contributed by atoms with Gasteiger partial charge in [0.1, 0.15) is 17.4 Å². The zero-order chi connectivity index (χ0) is 27.5. The fourth-order valence-corrected chi connectivity index (χ4v) is 5.50. The molecule has 1 saturated heterocycles. The van der Waals surface area contributed by atoms with Crippen molar-refractivity contribution in [2.24, 2.45) is 11.3 Å². The Morgan fingerprint density at radius 2 is 2.05 bits per heavy atom. The van der Waals surface area contributed by atoms with Gasteiger partial charge >= 0.3 is 12.3 Å². The molecule has 12 heteroatoms. The molecule has 2 aliphatic rings. The van der Waals surface area contributed by atoms with Gasteiger partial charge in [-0.2, -0.15) is 4.98 Å². The highest BCUT2D eigenvalue weighted by Crippen LogP contribution is 2.47. The third kappa shape index (κ3) is 6.55. The molecule has 1 aliphatic carbocycles. The topological polar surface area (TPSA) is 102 Å². The van der Waals surface area contributed by atoms with Crippen molar-refractivity contribution in [3.05, 3.63) is 48.9 Å². The van der Waals surface area contributed by atoms with E-state index in [1.807, 2.05) is 13.0 Å². The molecular weight excluding hydrogens is 513 g/mol. The predicted octanol–water partition coefficient (Wildman–Crippen LogP) is 5.53. The molecule has 2 unspecified atom stereocenters. The molecule has 3 aromatic heterocycles. The Labute approximate surface area is 223 Å². The van der Waals surface area contributed by atoms with Gasteiger partial charge < -0.3 is 19.7 Å². The number of hydrogen-bond acceptors (Lipinski definition) is 9. The van der Waals surface area contributed by atoms with Gasteiger partial charge in [0.05, 0.1) is 18.2 Å². The SMILES string of the molecule is CCOC(=O)C1CCCC2(CCN(c3nc(Nc4cc(OC(F)(F)F)ccn4)cc(-c4cccnc4)n3)C2)C1. The number of carbonyl (C=O) groups excluding carboxylic acids is 1. The molecule has 9 nitrogen and oxygen atoms in total. The Hall–Kier alpha value is -3.96. The third-order valence-electron chi connectivity index (χ3n) is 7.17. The van der Waals surface area contributed by atoms with Crippen LogP contribution in [0, 0.1) is 11.3 Å². The van der Waals surface area contributed by atoms with Gasteiger partial charge in [-0.05, 0) is 56.2 Å². The van der Waals surface area contributed by atoms with E-state index in [2.05, 4.69) is 24.9 Å². The summed E-state index contributed by atoms with van der Waals surface area (Å²) in [5.74, 6) is 0.371. The number of anilines is 3. The van der Waals surface area contributed by atoms with Crippen molar-refractivity contribution in [2.45, 2.75) is 45.4 Å². The molecule has 39 heavy (non-hydrogen) atoms. The highest BCUT2D eigenvalue weighted by molar-refractivity contribution is 5.72. The van der Waals surface area contributed by atoms with Crippen LogP contribution in [0.15, 0.2) is 48.9 Å². The van der Waals surface area contributed by atoms with E-state index in [0.29, 0.717) is 30.6 Å². The maximum absolute atomic E-state index is 12.7. The highest BCUT2D eigenvalue weighted by Gasteiger charge is 2.44. The third-order valence-corrected chi connectivity index (χ3v) is 7.17. The first-order valence-corrected chi connectivity index (χ1v) is 12.9. The number of rotatable bonds is 7. The molecule has 0 amide bonds. The Balaban J connectivity index is 1.41. The summed E-state index contributed by atoms with van der Waals surface area (Å²) in [5.41, 5.74) is 1.34. The zero-order valence-electron chi connectivity index (χ0n) is 21.4. The second kappa shape index (κ2) is 11.0. The van der Waals surface area contributed by atoms with E-state index >= 15 is 0 Å². The molecule has 4 heterocycles. The monoisotopic (exact) mass is 542 g/mol. The van der Waals surface area contributed by atoms with Crippen molar-refractivity contribution in [1.29, 1.82) is 0 Å². The lowest BCUT2D eigenvalue weighted by molar-refractivity contribution is -0.274. The van der Waals surface area contributed by atoms with Crippen molar-refractivity contribution in [2.75, 3.05) is 29.9 Å². The number of ether oxygens (including phenoxy) is 2. The van der Waals surface area contributed by atoms with Crippen LogP contribution in [0.4, 0.5) is 30.8 Å². The van der Waals surface area contributed by atoms with E-state index in [1.165, 1.54) is 6.20 Å². The molecule has 1 spiro atoms. The number of esters is 1. The first-order chi connectivity index (χ1) is 18.7. The van der Waals surface area contributed by atoms with Gasteiger partial charge in [0.15, 0.2) is 0 Å². The predicted molar refractivity (Wildman–Crippen MR) is 137 cm³/mol. The van der Waals surface area contributed by atoms with Crippen LogP contribution >= 0.6 is 0 Å². The van der Waals surface area contributed by atoms with Crippen molar-refractivity contribution >= 4 is 23.6 Å². The second-order valence-corrected chi connectivity index (χ2v) is 9.95. The van der Waals surface area contributed by atoms with Crippen molar-refractivity contribution < 1.29 is 27.4 Å². The summed E-state index contributed by atoms with van der Waals surface area (Å²) in [6, 6.07) is 7.65. The van der Waals surface area contributed by atoms with Gasteiger partial charge in [-0.25, -0.2) is 9.97 Å². The van der Waals surface area contributed by atoms with Gasteiger partial charge in [0, 0.05) is 49.4 Å². The van der Waals surface area contributed by atoms with Gasteiger partial charge in [-0.15, -0.1) is 13.2 Å². The number of alkyl halides is 3. The van der Waals surface area contributed by atoms with Crippen LogP contribution in [-0.2, 0) is 9.53 Å². The van der Waals surface area contributed by atoms with Crippen LogP contribution in [0.25, 0.3) is 11.3 Å². The Morgan fingerprint density at radius 3 is 2.82 bits per heavy atom. The molecule has 1 N–H and O–H groups in total. The minimum absolute atomic E-state index is 0.0260. The highest BCUT2D eigenvalue weighted by atomic mass is 19.4. The Bertz CT molecular complexity index is 1310. The summed E-state index contributed by atoms with van der Waals surface area (Å²) in [7, 11) is 0. The maximum atomic E-state index is 12.7. The fourth-order valence-electron chi connectivity index (χ4n) is 5.50. The van der Waals surface area contributed by atoms with Gasteiger partial charge in [-0.1, -0.05) is 6.42 Å². The molecule has 2 atom stereocenters. The number of nitrogens with zero attached hydrogens (tertiary/aromatic N) is 5. The summed E-state index contributed by atoms with van der Waals surface area (Å²) in [6.45, 7) is 3.62. The number of halogens is 3. The summed E-state index contributed by atoms with van der Waals surface area (Å²) in [4.78, 5) is 32.4. The van der Waals surface area contributed by atoms with E-state index in [1.54, 1.807) is 24.5 Å². The van der Waals surface area contributed by atoms with Crippen LogP contribution < -0.4 is 15.0 Å².